The summed E-state index contributed by atoms with van der Waals surface area (Å²) in [7, 11) is 0. The molecular weight excluding hydrogens is 276 g/mol. The van der Waals surface area contributed by atoms with Crippen LogP contribution in [0, 0.1) is 5.92 Å². The minimum Gasteiger partial charge on any atom is -0.326 e. The third-order valence-electron chi connectivity index (χ3n) is 3.49. The molecule has 1 aromatic rings. The fourth-order valence-corrected chi connectivity index (χ4v) is 2.34. The SMILES string of the molecule is CC(=O)c1cccc(NC(=O)CCC2CCNC2)c1.Cl. The summed E-state index contributed by atoms with van der Waals surface area (Å²) in [5.74, 6) is 0.648. The first-order valence-corrected chi connectivity index (χ1v) is 6.77. The van der Waals surface area contributed by atoms with Crippen LogP contribution in [-0.2, 0) is 4.79 Å². The molecule has 0 saturated carbocycles. The van der Waals surface area contributed by atoms with Crippen LogP contribution in [0.1, 0.15) is 36.5 Å². The molecule has 1 heterocycles. The Morgan fingerprint density at radius 1 is 1.40 bits per heavy atom. The third kappa shape index (κ3) is 4.94. The summed E-state index contributed by atoms with van der Waals surface area (Å²) in [6.07, 6.45) is 2.62. The molecule has 0 radical (unpaired) electrons. The molecule has 1 fully saturated rings. The van der Waals surface area contributed by atoms with E-state index in [1.54, 1.807) is 18.2 Å². The van der Waals surface area contributed by atoms with Crippen molar-refractivity contribution in [3.8, 4) is 0 Å². The molecule has 1 aliphatic rings. The molecule has 1 saturated heterocycles. The van der Waals surface area contributed by atoms with Gasteiger partial charge in [-0.05, 0) is 50.9 Å². The summed E-state index contributed by atoms with van der Waals surface area (Å²) < 4.78 is 0. The lowest BCUT2D eigenvalue weighted by atomic mass is 10.0. The quantitative estimate of drug-likeness (QED) is 0.821. The van der Waals surface area contributed by atoms with Crippen LogP contribution in [0.4, 0.5) is 5.69 Å². The molecule has 2 N–H and O–H groups in total. The van der Waals surface area contributed by atoms with Crippen molar-refractivity contribution in [1.29, 1.82) is 0 Å². The lowest BCUT2D eigenvalue weighted by Crippen LogP contribution is -2.15. The van der Waals surface area contributed by atoms with Crippen LogP contribution in [0.5, 0.6) is 0 Å². The van der Waals surface area contributed by atoms with E-state index in [4.69, 9.17) is 0 Å². The molecule has 1 aromatic carbocycles. The maximum atomic E-state index is 11.8. The van der Waals surface area contributed by atoms with Gasteiger partial charge in [0.25, 0.3) is 0 Å². The Kier molecular flexibility index (Phi) is 6.68. The van der Waals surface area contributed by atoms with E-state index in [0.717, 1.165) is 25.9 Å². The molecule has 0 bridgehead atoms. The number of hydrogen-bond donors (Lipinski definition) is 2. The fraction of sp³-hybridized carbons (Fsp3) is 0.467. The number of amides is 1. The van der Waals surface area contributed by atoms with Crippen molar-refractivity contribution in [2.75, 3.05) is 18.4 Å². The first kappa shape index (κ1) is 16.7. The highest BCUT2D eigenvalue weighted by atomic mass is 35.5. The van der Waals surface area contributed by atoms with Crippen molar-refractivity contribution in [2.24, 2.45) is 5.92 Å². The Hall–Kier alpha value is -1.39. The molecule has 0 aliphatic carbocycles. The number of Topliss-reactive ketones (excluding diaryl/α,β-unsaturated/α-hetero) is 1. The monoisotopic (exact) mass is 296 g/mol. The van der Waals surface area contributed by atoms with E-state index in [0.29, 0.717) is 23.6 Å². The average molecular weight is 297 g/mol. The van der Waals surface area contributed by atoms with Gasteiger partial charge in [-0.15, -0.1) is 12.4 Å². The third-order valence-corrected chi connectivity index (χ3v) is 3.49. The summed E-state index contributed by atoms with van der Waals surface area (Å²) in [6, 6.07) is 7.06. The van der Waals surface area contributed by atoms with E-state index in [-0.39, 0.29) is 24.1 Å². The average Bonchev–Trinajstić information content (AvgIpc) is 2.90. The summed E-state index contributed by atoms with van der Waals surface area (Å²) in [5, 5.41) is 6.15. The molecule has 0 aromatic heterocycles. The number of halogens is 1. The number of anilines is 1. The Labute approximate surface area is 125 Å². The van der Waals surface area contributed by atoms with Crippen LogP contribution in [0.25, 0.3) is 0 Å². The second-order valence-electron chi connectivity index (χ2n) is 5.08. The maximum Gasteiger partial charge on any atom is 0.224 e. The molecule has 4 nitrogen and oxygen atoms in total. The summed E-state index contributed by atoms with van der Waals surface area (Å²) in [5.41, 5.74) is 1.32. The number of ketones is 1. The standard InChI is InChI=1S/C15H20N2O2.ClH/c1-11(18)13-3-2-4-14(9-13)17-15(19)6-5-12-7-8-16-10-12;/h2-4,9,12,16H,5-8,10H2,1H3,(H,17,19);1H. The number of rotatable bonds is 5. The van der Waals surface area contributed by atoms with Crippen LogP contribution in [0.2, 0.25) is 0 Å². The van der Waals surface area contributed by atoms with Crippen molar-refractivity contribution in [1.82, 2.24) is 5.32 Å². The molecule has 5 heteroatoms. The van der Waals surface area contributed by atoms with Crippen molar-refractivity contribution < 1.29 is 9.59 Å². The number of carbonyl (C=O) groups excluding carboxylic acids is 2. The minimum atomic E-state index is 0. The molecule has 110 valence electrons. The lowest BCUT2D eigenvalue weighted by Gasteiger charge is -2.09. The van der Waals surface area contributed by atoms with Crippen LogP contribution >= 0.6 is 12.4 Å². The number of carbonyl (C=O) groups is 2. The van der Waals surface area contributed by atoms with Crippen molar-refractivity contribution >= 4 is 29.8 Å². The van der Waals surface area contributed by atoms with E-state index >= 15 is 0 Å². The Morgan fingerprint density at radius 2 is 2.20 bits per heavy atom. The molecule has 2 rings (SSSR count). The van der Waals surface area contributed by atoms with E-state index < -0.39 is 0 Å². The molecule has 1 amide bonds. The highest BCUT2D eigenvalue weighted by Gasteiger charge is 2.15. The molecule has 1 unspecified atom stereocenters. The summed E-state index contributed by atoms with van der Waals surface area (Å²) in [6.45, 7) is 3.61. The van der Waals surface area contributed by atoms with Gasteiger partial charge in [0.05, 0.1) is 0 Å². The number of nitrogens with one attached hydrogen (secondary N) is 2. The first-order valence-electron chi connectivity index (χ1n) is 6.77. The van der Waals surface area contributed by atoms with Gasteiger partial charge in [-0.1, -0.05) is 12.1 Å². The lowest BCUT2D eigenvalue weighted by molar-refractivity contribution is -0.116. The van der Waals surface area contributed by atoms with E-state index in [1.807, 2.05) is 6.07 Å². The predicted octanol–water partition coefficient (Wildman–Crippen LogP) is 2.64. The van der Waals surface area contributed by atoms with Crippen molar-refractivity contribution in [2.45, 2.75) is 26.2 Å². The fourth-order valence-electron chi connectivity index (χ4n) is 2.34. The molecular formula is C15H21ClN2O2. The summed E-state index contributed by atoms with van der Waals surface area (Å²) in [4.78, 5) is 23.1. The summed E-state index contributed by atoms with van der Waals surface area (Å²) >= 11 is 0. The predicted molar refractivity (Wildman–Crippen MR) is 82.5 cm³/mol. The zero-order chi connectivity index (χ0) is 13.7. The zero-order valence-corrected chi connectivity index (χ0v) is 12.5. The van der Waals surface area contributed by atoms with Crippen LogP contribution < -0.4 is 10.6 Å². The first-order chi connectivity index (χ1) is 9.15. The topological polar surface area (TPSA) is 58.2 Å². The minimum absolute atomic E-state index is 0. The molecule has 20 heavy (non-hydrogen) atoms. The van der Waals surface area contributed by atoms with Gasteiger partial charge in [-0.3, -0.25) is 9.59 Å². The van der Waals surface area contributed by atoms with Crippen LogP contribution in [0.15, 0.2) is 24.3 Å². The van der Waals surface area contributed by atoms with Gasteiger partial charge in [-0.2, -0.15) is 0 Å². The van der Waals surface area contributed by atoms with Gasteiger partial charge in [0.1, 0.15) is 0 Å². The normalized spacial score (nSPS) is 17.4. The Bertz CT molecular complexity index is 471. The largest absolute Gasteiger partial charge is 0.326 e. The smallest absolute Gasteiger partial charge is 0.224 e. The van der Waals surface area contributed by atoms with E-state index in [1.165, 1.54) is 6.92 Å². The molecule has 1 atom stereocenters. The second kappa shape index (κ2) is 8.02. The van der Waals surface area contributed by atoms with Gasteiger partial charge < -0.3 is 10.6 Å². The zero-order valence-electron chi connectivity index (χ0n) is 11.6. The Morgan fingerprint density at radius 3 is 2.85 bits per heavy atom. The second-order valence-corrected chi connectivity index (χ2v) is 5.08. The van der Waals surface area contributed by atoms with Gasteiger partial charge in [0.2, 0.25) is 5.91 Å². The van der Waals surface area contributed by atoms with E-state index in [9.17, 15) is 9.59 Å². The number of hydrogen-bond acceptors (Lipinski definition) is 3. The Balaban J connectivity index is 0.00000200. The maximum absolute atomic E-state index is 11.8. The van der Waals surface area contributed by atoms with Gasteiger partial charge in [0, 0.05) is 17.7 Å². The highest BCUT2D eigenvalue weighted by Crippen LogP contribution is 2.16. The van der Waals surface area contributed by atoms with Crippen molar-refractivity contribution in [3.63, 3.8) is 0 Å². The van der Waals surface area contributed by atoms with Crippen LogP contribution in [-0.4, -0.2) is 24.8 Å². The van der Waals surface area contributed by atoms with Gasteiger partial charge in [-0.25, -0.2) is 0 Å². The van der Waals surface area contributed by atoms with E-state index in [2.05, 4.69) is 10.6 Å². The van der Waals surface area contributed by atoms with Gasteiger partial charge >= 0.3 is 0 Å². The number of benzene rings is 1. The van der Waals surface area contributed by atoms with Gasteiger partial charge in [0.15, 0.2) is 5.78 Å². The molecule has 0 spiro atoms. The van der Waals surface area contributed by atoms with Crippen molar-refractivity contribution in [3.05, 3.63) is 29.8 Å². The highest BCUT2D eigenvalue weighted by molar-refractivity contribution is 5.97. The molecule has 1 aliphatic heterocycles. The van der Waals surface area contributed by atoms with Crippen LogP contribution in [0.3, 0.4) is 0 Å².